The molecule has 0 atom stereocenters. The van der Waals surface area contributed by atoms with Gasteiger partial charge in [-0.05, 0) is 44.0 Å². The molecule has 2 aromatic heterocycles. The first-order chi connectivity index (χ1) is 15.4. The molecule has 0 unspecified atom stereocenters. The molecule has 1 aliphatic rings. The summed E-state index contributed by atoms with van der Waals surface area (Å²) in [7, 11) is -3.71. The first-order valence-corrected chi connectivity index (χ1v) is 12.2. The third-order valence-electron chi connectivity index (χ3n) is 5.76. The largest absolute Gasteiger partial charge is 0.342 e. The van der Waals surface area contributed by atoms with Crippen LogP contribution in [0.5, 0.6) is 0 Å². The fraction of sp³-hybridized carbons (Fsp3) is 0.348. The highest BCUT2D eigenvalue weighted by Crippen LogP contribution is 2.27. The Kier molecular flexibility index (Phi) is 6.66. The lowest BCUT2D eigenvalue weighted by Crippen LogP contribution is -2.44. The number of hydrogen-bond donors (Lipinski definition) is 1. The van der Waals surface area contributed by atoms with Gasteiger partial charge >= 0.3 is 0 Å². The number of sulfonamides is 1. The zero-order chi connectivity index (χ0) is 22.6. The minimum Gasteiger partial charge on any atom is -0.342 e. The zero-order valence-corrected chi connectivity index (χ0v) is 18.8. The molecular formula is C23H27N5O3S. The summed E-state index contributed by atoms with van der Waals surface area (Å²) in [5.74, 6) is 1.04. The van der Waals surface area contributed by atoms with E-state index in [0.29, 0.717) is 19.6 Å². The number of hydrogen-bond acceptors (Lipinski definition) is 5. The Labute approximate surface area is 188 Å². The molecule has 8 nitrogen and oxygen atoms in total. The van der Waals surface area contributed by atoms with E-state index in [4.69, 9.17) is 0 Å². The minimum atomic E-state index is -3.71. The predicted molar refractivity (Wildman–Crippen MR) is 120 cm³/mol. The Morgan fingerprint density at radius 2 is 1.81 bits per heavy atom. The molecule has 1 N–H and O–H groups in total. The SMILES string of the molecule is Cc1ccc(S(=O)(=O)NCC(=O)N2CCC(c3nccn3Cc3ccccn3)CC2)cc1. The van der Waals surface area contributed by atoms with Crippen LogP contribution >= 0.6 is 0 Å². The maximum absolute atomic E-state index is 12.6. The van der Waals surface area contributed by atoms with E-state index in [2.05, 4.69) is 19.3 Å². The molecule has 3 heterocycles. The lowest BCUT2D eigenvalue weighted by atomic mass is 9.95. The van der Waals surface area contributed by atoms with Gasteiger partial charge in [0, 0.05) is 37.6 Å². The normalized spacial score (nSPS) is 15.1. The number of amides is 1. The van der Waals surface area contributed by atoms with Gasteiger partial charge in [0.25, 0.3) is 0 Å². The van der Waals surface area contributed by atoms with Crippen LogP contribution < -0.4 is 4.72 Å². The van der Waals surface area contributed by atoms with Crippen LogP contribution in [0.3, 0.4) is 0 Å². The average Bonchev–Trinajstić information content (AvgIpc) is 3.26. The summed E-state index contributed by atoms with van der Waals surface area (Å²) in [5.41, 5.74) is 1.95. The molecule has 3 aromatic rings. The van der Waals surface area contributed by atoms with Gasteiger partial charge < -0.3 is 9.47 Å². The smallest absolute Gasteiger partial charge is 0.241 e. The topological polar surface area (TPSA) is 97.2 Å². The van der Waals surface area contributed by atoms with Crippen molar-refractivity contribution in [3.05, 3.63) is 78.1 Å². The van der Waals surface area contributed by atoms with Gasteiger partial charge in [-0.25, -0.2) is 18.1 Å². The van der Waals surface area contributed by atoms with Gasteiger partial charge in [-0.1, -0.05) is 23.8 Å². The molecule has 4 rings (SSSR count). The number of carbonyl (C=O) groups excluding carboxylic acids is 1. The van der Waals surface area contributed by atoms with Gasteiger partial charge in [0.2, 0.25) is 15.9 Å². The Balaban J connectivity index is 1.31. The Hall–Kier alpha value is -3.04. The summed E-state index contributed by atoms with van der Waals surface area (Å²) < 4.78 is 29.4. The number of carbonyl (C=O) groups is 1. The lowest BCUT2D eigenvalue weighted by molar-refractivity contribution is -0.131. The Bertz CT molecular complexity index is 1150. The number of benzene rings is 1. The van der Waals surface area contributed by atoms with Crippen LogP contribution in [0, 0.1) is 6.92 Å². The second-order valence-corrected chi connectivity index (χ2v) is 9.79. The van der Waals surface area contributed by atoms with Crippen LogP contribution in [0.4, 0.5) is 0 Å². The van der Waals surface area contributed by atoms with E-state index in [1.807, 2.05) is 31.3 Å². The highest BCUT2D eigenvalue weighted by Gasteiger charge is 2.27. The molecule has 0 aliphatic carbocycles. The molecule has 1 amide bonds. The summed E-state index contributed by atoms with van der Waals surface area (Å²) >= 11 is 0. The zero-order valence-electron chi connectivity index (χ0n) is 18.0. The molecule has 168 valence electrons. The van der Waals surface area contributed by atoms with E-state index < -0.39 is 10.0 Å². The Morgan fingerprint density at radius 3 is 2.50 bits per heavy atom. The quantitative estimate of drug-likeness (QED) is 0.592. The lowest BCUT2D eigenvalue weighted by Gasteiger charge is -2.32. The molecule has 0 saturated carbocycles. The fourth-order valence-electron chi connectivity index (χ4n) is 3.94. The van der Waals surface area contributed by atoms with Crippen molar-refractivity contribution in [3.8, 4) is 0 Å². The standard InChI is InChI=1S/C23H27N5O3S/c1-18-5-7-21(8-6-18)32(30,31)26-16-22(29)27-13-9-19(10-14-27)23-25-12-15-28(23)17-20-4-2-3-11-24-20/h2-8,11-12,15,19,26H,9-10,13-14,16-17H2,1H3. The summed E-state index contributed by atoms with van der Waals surface area (Å²) in [6.45, 7) is 3.46. The van der Waals surface area contributed by atoms with Crippen molar-refractivity contribution in [3.63, 3.8) is 0 Å². The first kappa shape index (κ1) is 22.2. The van der Waals surface area contributed by atoms with Gasteiger partial charge in [-0.3, -0.25) is 9.78 Å². The van der Waals surface area contributed by atoms with Crippen LogP contribution in [0.1, 0.15) is 35.8 Å². The number of rotatable bonds is 7. The molecule has 32 heavy (non-hydrogen) atoms. The van der Waals surface area contributed by atoms with E-state index in [9.17, 15) is 13.2 Å². The van der Waals surface area contributed by atoms with E-state index in [1.165, 1.54) is 0 Å². The second kappa shape index (κ2) is 9.62. The first-order valence-electron chi connectivity index (χ1n) is 10.7. The monoisotopic (exact) mass is 453 g/mol. The van der Waals surface area contributed by atoms with Crippen molar-refractivity contribution >= 4 is 15.9 Å². The molecule has 1 aromatic carbocycles. The van der Waals surface area contributed by atoms with Gasteiger partial charge in [0.15, 0.2) is 0 Å². The number of aryl methyl sites for hydroxylation is 1. The number of pyridine rings is 1. The molecule has 1 aliphatic heterocycles. The van der Waals surface area contributed by atoms with Crippen LogP contribution in [-0.4, -0.2) is 53.4 Å². The van der Waals surface area contributed by atoms with Gasteiger partial charge in [-0.15, -0.1) is 0 Å². The van der Waals surface area contributed by atoms with Crippen molar-refractivity contribution in [1.82, 2.24) is 24.2 Å². The Morgan fingerprint density at radius 1 is 1.06 bits per heavy atom. The van der Waals surface area contributed by atoms with Crippen LogP contribution in [0.25, 0.3) is 0 Å². The molecule has 9 heteroatoms. The number of nitrogens with zero attached hydrogens (tertiary/aromatic N) is 4. The number of nitrogens with one attached hydrogen (secondary N) is 1. The predicted octanol–water partition coefficient (Wildman–Crippen LogP) is 2.32. The summed E-state index contributed by atoms with van der Waals surface area (Å²) in [5, 5.41) is 0. The summed E-state index contributed by atoms with van der Waals surface area (Å²) in [4.78, 5) is 23.4. The van der Waals surface area contributed by atoms with E-state index in [-0.39, 0.29) is 23.3 Å². The molecule has 0 spiro atoms. The van der Waals surface area contributed by atoms with Gasteiger partial charge in [-0.2, -0.15) is 0 Å². The fourth-order valence-corrected chi connectivity index (χ4v) is 4.91. The molecule has 0 bridgehead atoms. The van der Waals surface area contributed by atoms with Crippen molar-refractivity contribution in [1.29, 1.82) is 0 Å². The van der Waals surface area contributed by atoms with E-state index in [1.54, 1.807) is 41.6 Å². The second-order valence-electron chi connectivity index (χ2n) is 8.03. The van der Waals surface area contributed by atoms with Gasteiger partial charge in [0.1, 0.15) is 5.82 Å². The highest BCUT2D eigenvalue weighted by atomic mass is 32.2. The minimum absolute atomic E-state index is 0.161. The van der Waals surface area contributed by atoms with Crippen molar-refractivity contribution in [2.45, 2.75) is 37.1 Å². The third kappa shape index (κ3) is 5.23. The number of likely N-dealkylation sites (tertiary alicyclic amines) is 1. The number of piperidine rings is 1. The van der Waals surface area contributed by atoms with Crippen molar-refractivity contribution in [2.75, 3.05) is 19.6 Å². The van der Waals surface area contributed by atoms with Crippen LogP contribution in [0.2, 0.25) is 0 Å². The summed E-state index contributed by atoms with van der Waals surface area (Å²) in [6, 6.07) is 12.4. The average molecular weight is 454 g/mol. The number of aromatic nitrogens is 3. The van der Waals surface area contributed by atoms with E-state index in [0.717, 1.165) is 29.9 Å². The summed E-state index contributed by atoms with van der Waals surface area (Å²) in [6.07, 6.45) is 7.12. The molecular weight excluding hydrogens is 426 g/mol. The molecule has 1 fully saturated rings. The van der Waals surface area contributed by atoms with Crippen LogP contribution in [0.15, 0.2) is 66.0 Å². The highest BCUT2D eigenvalue weighted by molar-refractivity contribution is 7.89. The van der Waals surface area contributed by atoms with Crippen molar-refractivity contribution < 1.29 is 13.2 Å². The van der Waals surface area contributed by atoms with Gasteiger partial charge in [0.05, 0.1) is 23.7 Å². The van der Waals surface area contributed by atoms with Crippen molar-refractivity contribution in [2.24, 2.45) is 0 Å². The maximum Gasteiger partial charge on any atom is 0.241 e. The van der Waals surface area contributed by atoms with Crippen LogP contribution in [-0.2, 0) is 21.4 Å². The molecule has 0 radical (unpaired) electrons. The van der Waals surface area contributed by atoms with E-state index >= 15 is 0 Å². The number of imidazole rings is 1. The molecule has 1 saturated heterocycles. The third-order valence-corrected chi connectivity index (χ3v) is 7.18. The maximum atomic E-state index is 12.6.